The van der Waals surface area contributed by atoms with Crippen LogP contribution in [0.25, 0.3) is 0 Å². The van der Waals surface area contributed by atoms with Gasteiger partial charge in [-0.3, -0.25) is 10.1 Å². The van der Waals surface area contributed by atoms with Crippen LogP contribution in [0, 0.1) is 5.82 Å². The van der Waals surface area contributed by atoms with Gasteiger partial charge in [0.2, 0.25) is 0 Å². The lowest BCUT2D eigenvalue weighted by molar-refractivity contribution is -0.150. The Labute approximate surface area is 173 Å². The van der Waals surface area contributed by atoms with Gasteiger partial charge in [-0.05, 0) is 18.2 Å². The van der Waals surface area contributed by atoms with E-state index >= 15 is 0 Å². The lowest BCUT2D eigenvalue weighted by atomic mass is 10.3. The number of ether oxygens (including phenoxy) is 2. The number of nitrogens with one attached hydrogen (secondary N) is 2. The molecule has 0 saturated heterocycles. The molecule has 0 aliphatic rings. The first-order chi connectivity index (χ1) is 13.3. The fourth-order valence-corrected chi connectivity index (χ4v) is 2.41. The Bertz CT molecular complexity index is 910. The van der Waals surface area contributed by atoms with Crippen molar-refractivity contribution >= 4 is 58.4 Å². The summed E-state index contributed by atoms with van der Waals surface area (Å²) in [5, 5.41) is 4.54. The van der Waals surface area contributed by atoms with Crippen LogP contribution in [0.4, 0.5) is 14.9 Å². The molecular formula is C17H12Cl3FN2O5. The summed E-state index contributed by atoms with van der Waals surface area (Å²) in [6.45, 7) is -1.31. The smallest absolute Gasteiger partial charge is 0.344 e. The fraction of sp³-hybridized carbons (Fsp3) is 0.118. The van der Waals surface area contributed by atoms with Gasteiger partial charge in [0, 0.05) is 6.07 Å². The molecule has 0 aliphatic heterocycles. The van der Waals surface area contributed by atoms with Crippen molar-refractivity contribution in [3.8, 4) is 5.75 Å². The van der Waals surface area contributed by atoms with Crippen LogP contribution in [0.3, 0.4) is 0 Å². The molecule has 0 atom stereocenters. The maximum atomic E-state index is 13.4. The molecule has 2 aromatic carbocycles. The molecule has 0 spiro atoms. The van der Waals surface area contributed by atoms with Crippen LogP contribution < -0.4 is 15.4 Å². The monoisotopic (exact) mass is 448 g/mol. The summed E-state index contributed by atoms with van der Waals surface area (Å²) in [6.07, 6.45) is 0. The van der Waals surface area contributed by atoms with Crippen molar-refractivity contribution in [1.29, 1.82) is 0 Å². The molecule has 2 aromatic rings. The third-order valence-corrected chi connectivity index (χ3v) is 4.08. The van der Waals surface area contributed by atoms with Gasteiger partial charge in [-0.1, -0.05) is 46.9 Å². The third-order valence-electron chi connectivity index (χ3n) is 3.06. The molecule has 7 nitrogen and oxygen atoms in total. The molecule has 11 heteroatoms. The van der Waals surface area contributed by atoms with Crippen molar-refractivity contribution in [3.63, 3.8) is 0 Å². The molecule has 28 heavy (non-hydrogen) atoms. The van der Waals surface area contributed by atoms with Crippen LogP contribution in [-0.4, -0.2) is 31.1 Å². The van der Waals surface area contributed by atoms with E-state index < -0.39 is 36.9 Å². The fourth-order valence-electron chi connectivity index (χ4n) is 1.82. The van der Waals surface area contributed by atoms with E-state index in [1.54, 1.807) is 0 Å². The van der Waals surface area contributed by atoms with E-state index in [1.807, 2.05) is 5.32 Å². The van der Waals surface area contributed by atoms with Crippen molar-refractivity contribution < 1.29 is 28.2 Å². The van der Waals surface area contributed by atoms with E-state index in [0.29, 0.717) is 0 Å². The van der Waals surface area contributed by atoms with Gasteiger partial charge in [-0.15, -0.1) is 0 Å². The van der Waals surface area contributed by atoms with Crippen molar-refractivity contribution in [2.24, 2.45) is 0 Å². The minimum absolute atomic E-state index is 0.0988. The van der Waals surface area contributed by atoms with Gasteiger partial charge in [0.05, 0.1) is 20.8 Å². The van der Waals surface area contributed by atoms with Gasteiger partial charge in [0.25, 0.3) is 5.91 Å². The maximum absolute atomic E-state index is 13.4. The largest absolute Gasteiger partial charge is 0.480 e. The van der Waals surface area contributed by atoms with Gasteiger partial charge in [-0.25, -0.2) is 14.0 Å². The number of para-hydroxylation sites is 1. The number of amides is 3. The molecule has 148 valence electrons. The average molecular weight is 450 g/mol. The van der Waals surface area contributed by atoms with Crippen LogP contribution in [-0.2, 0) is 14.3 Å². The van der Waals surface area contributed by atoms with E-state index in [9.17, 15) is 18.8 Å². The van der Waals surface area contributed by atoms with E-state index in [0.717, 1.165) is 6.07 Å². The van der Waals surface area contributed by atoms with E-state index in [4.69, 9.17) is 39.5 Å². The molecule has 2 rings (SSSR count). The van der Waals surface area contributed by atoms with E-state index in [-0.39, 0.29) is 26.5 Å². The summed E-state index contributed by atoms with van der Waals surface area (Å²) in [6, 6.07) is 7.07. The summed E-state index contributed by atoms with van der Waals surface area (Å²) in [5.41, 5.74) is -0.114. The van der Waals surface area contributed by atoms with Crippen molar-refractivity contribution in [2.45, 2.75) is 0 Å². The average Bonchev–Trinajstić information content (AvgIpc) is 2.63. The highest BCUT2D eigenvalue weighted by Crippen LogP contribution is 2.33. The Morgan fingerprint density at radius 1 is 0.964 bits per heavy atom. The van der Waals surface area contributed by atoms with Crippen molar-refractivity contribution in [3.05, 3.63) is 57.3 Å². The SMILES string of the molecule is O=C(COC(=O)COc1cc(Cl)c(Cl)cc1Cl)NC(=O)Nc1ccccc1F. The van der Waals surface area contributed by atoms with Gasteiger partial charge >= 0.3 is 12.0 Å². The van der Waals surface area contributed by atoms with Crippen molar-refractivity contribution in [1.82, 2.24) is 5.32 Å². The summed E-state index contributed by atoms with van der Waals surface area (Å²) in [5.74, 6) is -2.39. The summed E-state index contributed by atoms with van der Waals surface area (Å²) < 4.78 is 23.2. The van der Waals surface area contributed by atoms with Crippen LogP contribution in [0.1, 0.15) is 0 Å². The Kier molecular flexibility index (Phi) is 7.86. The number of anilines is 1. The summed E-state index contributed by atoms with van der Waals surface area (Å²) in [4.78, 5) is 34.8. The van der Waals surface area contributed by atoms with Gasteiger partial charge < -0.3 is 14.8 Å². The zero-order chi connectivity index (χ0) is 20.7. The molecule has 0 aromatic heterocycles. The quantitative estimate of drug-likeness (QED) is 0.512. The van der Waals surface area contributed by atoms with Gasteiger partial charge in [-0.2, -0.15) is 0 Å². The number of halogens is 4. The van der Waals surface area contributed by atoms with Crippen LogP contribution in [0.5, 0.6) is 5.75 Å². The number of rotatable bonds is 6. The number of hydrogen-bond acceptors (Lipinski definition) is 5. The molecule has 2 N–H and O–H groups in total. The number of esters is 1. The number of carbonyl (C=O) groups is 3. The lowest BCUT2D eigenvalue weighted by Crippen LogP contribution is -2.37. The highest BCUT2D eigenvalue weighted by Gasteiger charge is 2.14. The molecule has 0 unspecified atom stereocenters. The number of imide groups is 1. The third kappa shape index (κ3) is 6.56. The Morgan fingerprint density at radius 3 is 2.36 bits per heavy atom. The van der Waals surface area contributed by atoms with Gasteiger partial charge in [0.1, 0.15) is 11.6 Å². The van der Waals surface area contributed by atoms with Gasteiger partial charge in [0.15, 0.2) is 13.2 Å². The van der Waals surface area contributed by atoms with Crippen LogP contribution >= 0.6 is 34.8 Å². The zero-order valence-electron chi connectivity index (χ0n) is 13.9. The number of carbonyl (C=O) groups excluding carboxylic acids is 3. The highest BCUT2D eigenvalue weighted by molar-refractivity contribution is 6.43. The molecule has 0 radical (unpaired) electrons. The first-order valence-electron chi connectivity index (χ1n) is 7.54. The normalized spacial score (nSPS) is 10.1. The predicted molar refractivity (Wildman–Crippen MR) is 101 cm³/mol. The second-order valence-corrected chi connectivity index (χ2v) is 6.35. The number of hydrogen-bond donors (Lipinski definition) is 2. The second kappa shape index (κ2) is 10.1. The minimum Gasteiger partial charge on any atom is -0.480 e. The highest BCUT2D eigenvalue weighted by atomic mass is 35.5. The number of benzene rings is 2. The first kappa shape index (κ1) is 21.7. The standard InChI is InChI=1S/C17H12Cl3FN2O5/c18-9-5-11(20)14(6-10(9)19)27-8-16(25)28-7-15(24)23-17(26)22-13-4-2-1-3-12(13)21/h1-6H,7-8H2,(H2,22,23,24,26). The topological polar surface area (TPSA) is 93.7 Å². The Balaban J connectivity index is 1.75. The molecule has 0 fully saturated rings. The van der Waals surface area contributed by atoms with Crippen LogP contribution in [0.15, 0.2) is 36.4 Å². The van der Waals surface area contributed by atoms with E-state index in [2.05, 4.69) is 10.1 Å². The lowest BCUT2D eigenvalue weighted by Gasteiger charge is -2.10. The van der Waals surface area contributed by atoms with Crippen LogP contribution in [0.2, 0.25) is 15.1 Å². The Morgan fingerprint density at radius 2 is 1.64 bits per heavy atom. The molecule has 3 amide bonds. The molecule has 0 heterocycles. The zero-order valence-corrected chi connectivity index (χ0v) is 16.2. The molecule has 0 saturated carbocycles. The summed E-state index contributed by atoms with van der Waals surface area (Å²) in [7, 11) is 0. The second-order valence-electron chi connectivity index (χ2n) is 5.13. The predicted octanol–water partition coefficient (Wildman–Crippen LogP) is 4.06. The first-order valence-corrected chi connectivity index (χ1v) is 8.68. The van der Waals surface area contributed by atoms with E-state index in [1.165, 1.54) is 30.3 Å². The molecular weight excluding hydrogens is 438 g/mol. The maximum Gasteiger partial charge on any atom is 0.344 e. The number of urea groups is 1. The Hall–Kier alpha value is -2.55. The summed E-state index contributed by atoms with van der Waals surface area (Å²) >= 11 is 17.5. The minimum atomic E-state index is -0.981. The molecule has 0 aliphatic carbocycles. The van der Waals surface area contributed by atoms with Crippen molar-refractivity contribution in [2.75, 3.05) is 18.5 Å². The molecule has 0 bridgehead atoms.